The number of hydrogen-bond acceptors (Lipinski definition) is 5. The molecule has 2 heterocycles. The standard InChI is InChI=1S/C18H20ClN5O/c1-11-15(19)12(2)24(22-11)14-7-5-13(6-8-14)16-21-17(23-25-16)18(20)9-3-4-10-18/h5-8H,3-4,9-10,20H2,1-2H3. The average Bonchev–Trinajstić information content (AvgIpc) is 3.33. The molecule has 2 N–H and O–H groups in total. The van der Waals surface area contributed by atoms with Gasteiger partial charge in [0, 0.05) is 5.56 Å². The van der Waals surface area contributed by atoms with Gasteiger partial charge in [0.1, 0.15) is 0 Å². The third-order valence-corrected chi connectivity index (χ3v) is 5.48. The van der Waals surface area contributed by atoms with Gasteiger partial charge in [0.05, 0.1) is 27.6 Å². The lowest BCUT2D eigenvalue weighted by Gasteiger charge is -2.17. The fraction of sp³-hybridized carbons (Fsp3) is 0.389. The number of benzene rings is 1. The molecular weight excluding hydrogens is 338 g/mol. The fourth-order valence-electron chi connectivity index (χ4n) is 3.39. The van der Waals surface area contributed by atoms with Gasteiger partial charge >= 0.3 is 0 Å². The number of hydrogen-bond donors (Lipinski definition) is 1. The van der Waals surface area contributed by atoms with E-state index in [2.05, 4.69) is 15.2 Å². The lowest BCUT2D eigenvalue weighted by molar-refractivity contribution is 0.372. The van der Waals surface area contributed by atoms with Crippen LogP contribution in [0.3, 0.4) is 0 Å². The van der Waals surface area contributed by atoms with E-state index in [4.69, 9.17) is 21.9 Å². The maximum Gasteiger partial charge on any atom is 0.257 e. The summed E-state index contributed by atoms with van der Waals surface area (Å²) >= 11 is 6.22. The molecule has 0 amide bonds. The Bertz CT molecular complexity index is 906. The smallest absolute Gasteiger partial charge is 0.257 e. The summed E-state index contributed by atoms with van der Waals surface area (Å²) < 4.78 is 7.26. The van der Waals surface area contributed by atoms with Crippen molar-refractivity contribution in [1.29, 1.82) is 0 Å². The summed E-state index contributed by atoms with van der Waals surface area (Å²) in [5.74, 6) is 1.10. The first-order valence-electron chi connectivity index (χ1n) is 8.43. The van der Waals surface area contributed by atoms with E-state index in [-0.39, 0.29) is 0 Å². The summed E-state index contributed by atoms with van der Waals surface area (Å²) in [6, 6.07) is 7.80. The van der Waals surface area contributed by atoms with Crippen LogP contribution in [-0.2, 0) is 5.54 Å². The minimum atomic E-state index is -0.442. The second-order valence-corrected chi connectivity index (χ2v) is 7.11. The molecule has 4 rings (SSSR count). The van der Waals surface area contributed by atoms with Crippen LogP contribution in [0.5, 0.6) is 0 Å². The zero-order valence-corrected chi connectivity index (χ0v) is 15.0. The minimum absolute atomic E-state index is 0.442. The molecule has 25 heavy (non-hydrogen) atoms. The van der Waals surface area contributed by atoms with Crippen molar-refractivity contribution in [3.8, 4) is 17.1 Å². The minimum Gasteiger partial charge on any atom is -0.334 e. The van der Waals surface area contributed by atoms with Crippen LogP contribution >= 0.6 is 11.6 Å². The Morgan fingerprint density at radius 1 is 1.16 bits per heavy atom. The number of halogens is 1. The van der Waals surface area contributed by atoms with E-state index in [1.54, 1.807) is 0 Å². The van der Waals surface area contributed by atoms with E-state index in [1.807, 2.05) is 42.8 Å². The van der Waals surface area contributed by atoms with Crippen molar-refractivity contribution in [2.75, 3.05) is 0 Å². The van der Waals surface area contributed by atoms with Gasteiger partial charge in [0.15, 0.2) is 5.82 Å². The lowest BCUT2D eigenvalue weighted by Crippen LogP contribution is -2.34. The molecule has 7 heteroatoms. The Morgan fingerprint density at radius 3 is 2.44 bits per heavy atom. The molecule has 130 valence electrons. The Morgan fingerprint density at radius 2 is 1.84 bits per heavy atom. The molecular formula is C18H20ClN5O. The lowest BCUT2D eigenvalue weighted by atomic mass is 9.99. The Hall–Kier alpha value is -2.18. The SMILES string of the molecule is Cc1nn(-c2ccc(-c3nc(C4(N)CCCC4)no3)cc2)c(C)c1Cl. The molecule has 0 saturated heterocycles. The van der Waals surface area contributed by atoms with Crippen molar-refractivity contribution in [3.05, 3.63) is 46.5 Å². The molecule has 3 aromatic rings. The molecule has 0 aliphatic heterocycles. The molecule has 1 fully saturated rings. The third kappa shape index (κ3) is 2.75. The molecule has 0 radical (unpaired) electrons. The third-order valence-electron chi connectivity index (χ3n) is 4.93. The van der Waals surface area contributed by atoms with Crippen LogP contribution < -0.4 is 5.73 Å². The highest BCUT2D eigenvalue weighted by molar-refractivity contribution is 6.31. The average molecular weight is 358 g/mol. The molecule has 2 aromatic heterocycles. The van der Waals surface area contributed by atoms with Gasteiger partial charge in [-0.1, -0.05) is 29.6 Å². The molecule has 0 atom stereocenters. The van der Waals surface area contributed by atoms with Crippen LogP contribution in [0, 0.1) is 13.8 Å². The number of nitrogens with zero attached hydrogens (tertiary/aromatic N) is 4. The Labute approximate surface area is 151 Å². The van der Waals surface area contributed by atoms with Crippen molar-refractivity contribution in [2.24, 2.45) is 5.73 Å². The van der Waals surface area contributed by atoms with Gasteiger partial charge in [-0.15, -0.1) is 0 Å². The highest BCUT2D eigenvalue weighted by atomic mass is 35.5. The molecule has 0 unspecified atom stereocenters. The predicted octanol–water partition coefficient (Wildman–Crippen LogP) is 3.92. The number of aromatic nitrogens is 4. The van der Waals surface area contributed by atoms with E-state index in [9.17, 15) is 0 Å². The van der Waals surface area contributed by atoms with Crippen LogP contribution in [0.2, 0.25) is 5.02 Å². The van der Waals surface area contributed by atoms with Crippen molar-refractivity contribution in [2.45, 2.75) is 45.1 Å². The maximum atomic E-state index is 6.40. The van der Waals surface area contributed by atoms with Gasteiger partial charge in [-0.05, 0) is 51.0 Å². The van der Waals surface area contributed by atoms with Gasteiger partial charge < -0.3 is 10.3 Å². The summed E-state index contributed by atoms with van der Waals surface area (Å²) in [5, 5.41) is 9.26. The first-order valence-corrected chi connectivity index (χ1v) is 8.81. The molecule has 0 bridgehead atoms. The number of nitrogens with two attached hydrogens (primary N) is 1. The monoisotopic (exact) mass is 357 g/mol. The summed E-state index contributed by atoms with van der Waals surface area (Å²) in [6.07, 6.45) is 4.04. The van der Waals surface area contributed by atoms with Crippen molar-refractivity contribution in [1.82, 2.24) is 19.9 Å². The van der Waals surface area contributed by atoms with Crippen molar-refractivity contribution >= 4 is 11.6 Å². The molecule has 1 saturated carbocycles. The summed E-state index contributed by atoms with van der Waals surface area (Å²) in [4.78, 5) is 4.53. The van der Waals surface area contributed by atoms with Crippen LogP contribution in [0.15, 0.2) is 28.8 Å². The number of rotatable bonds is 3. The van der Waals surface area contributed by atoms with Gasteiger partial charge in [-0.25, -0.2) is 4.68 Å². The van der Waals surface area contributed by atoms with E-state index >= 15 is 0 Å². The highest BCUT2D eigenvalue weighted by Crippen LogP contribution is 2.35. The number of aryl methyl sites for hydroxylation is 1. The normalized spacial score (nSPS) is 16.5. The van der Waals surface area contributed by atoms with Gasteiger partial charge in [0.2, 0.25) is 0 Å². The van der Waals surface area contributed by atoms with Crippen molar-refractivity contribution < 1.29 is 4.52 Å². The largest absolute Gasteiger partial charge is 0.334 e. The first-order chi connectivity index (χ1) is 12.0. The zero-order chi connectivity index (χ0) is 17.6. The summed E-state index contributed by atoms with van der Waals surface area (Å²) in [5.41, 5.74) is 9.47. The zero-order valence-electron chi connectivity index (χ0n) is 14.3. The highest BCUT2D eigenvalue weighted by Gasteiger charge is 2.36. The fourth-order valence-corrected chi connectivity index (χ4v) is 3.51. The summed E-state index contributed by atoms with van der Waals surface area (Å²) in [6.45, 7) is 3.84. The van der Waals surface area contributed by atoms with Crippen LogP contribution in [0.25, 0.3) is 17.1 Å². The predicted molar refractivity (Wildman–Crippen MR) is 95.7 cm³/mol. The van der Waals surface area contributed by atoms with Crippen molar-refractivity contribution in [3.63, 3.8) is 0 Å². The molecule has 0 spiro atoms. The van der Waals surface area contributed by atoms with Gasteiger partial charge in [0.25, 0.3) is 5.89 Å². The molecule has 1 aromatic carbocycles. The van der Waals surface area contributed by atoms with Crippen LogP contribution in [0.4, 0.5) is 0 Å². The quantitative estimate of drug-likeness (QED) is 0.768. The van der Waals surface area contributed by atoms with E-state index in [1.165, 1.54) is 0 Å². The van der Waals surface area contributed by atoms with E-state index < -0.39 is 5.54 Å². The van der Waals surface area contributed by atoms with Crippen LogP contribution in [0.1, 0.15) is 42.9 Å². The maximum absolute atomic E-state index is 6.40. The Kier molecular flexibility index (Phi) is 3.89. The van der Waals surface area contributed by atoms with E-state index in [0.29, 0.717) is 16.7 Å². The first kappa shape index (κ1) is 16.3. The summed E-state index contributed by atoms with van der Waals surface area (Å²) in [7, 11) is 0. The molecule has 1 aliphatic rings. The topological polar surface area (TPSA) is 82.8 Å². The second-order valence-electron chi connectivity index (χ2n) is 6.73. The van der Waals surface area contributed by atoms with Crippen LogP contribution in [-0.4, -0.2) is 19.9 Å². The van der Waals surface area contributed by atoms with Gasteiger partial charge in [-0.3, -0.25) is 0 Å². The Balaban J connectivity index is 1.62. The second kappa shape index (κ2) is 5.97. The van der Waals surface area contributed by atoms with Gasteiger partial charge in [-0.2, -0.15) is 10.1 Å². The molecule has 6 nitrogen and oxygen atoms in total. The van der Waals surface area contributed by atoms with E-state index in [0.717, 1.165) is 48.3 Å². The molecule has 1 aliphatic carbocycles.